The van der Waals surface area contributed by atoms with E-state index in [2.05, 4.69) is 37.2 Å². The van der Waals surface area contributed by atoms with E-state index in [0.717, 1.165) is 15.7 Å². The third kappa shape index (κ3) is 3.12. The van der Waals surface area contributed by atoms with Gasteiger partial charge in [-0.25, -0.2) is 4.39 Å². The molecule has 0 aromatic heterocycles. The molecule has 0 atom stereocenters. The van der Waals surface area contributed by atoms with Gasteiger partial charge < -0.3 is 5.32 Å². The summed E-state index contributed by atoms with van der Waals surface area (Å²) in [5.74, 6) is -0.238. The second kappa shape index (κ2) is 5.85. The predicted octanol–water partition coefficient (Wildman–Crippen LogP) is 5.27. The van der Waals surface area contributed by atoms with Crippen molar-refractivity contribution in [1.29, 1.82) is 0 Å². The molecule has 0 amide bonds. The lowest BCUT2D eigenvalue weighted by Gasteiger charge is -2.10. The maximum Gasteiger partial charge on any atom is 0.137 e. The monoisotopic (exact) mass is 371 g/mol. The highest BCUT2D eigenvalue weighted by molar-refractivity contribution is 9.11. The Hall–Kier alpha value is -0.870. The van der Waals surface area contributed by atoms with E-state index in [1.54, 1.807) is 6.07 Å². The maximum atomic E-state index is 13.4. The van der Waals surface area contributed by atoms with Crippen molar-refractivity contribution in [1.82, 2.24) is 0 Å². The van der Waals surface area contributed by atoms with Gasteiger partial charge in [-0.05, 0) is 68.1 Å². The molecule has 2 aromatic rings. The number of rotatable bonds is 3. The van der Waals surface area contributed by atoms with Crippen molar-refractivity contribution >= 4 is 37.5 Å². The van der Waals surface area contributed by atoms with Crippen LogP contribution >= 0.6 is 31.9 Å². The van der Waals surface area contributed by atoms with Crippen molar-refractivity contribution in [2.45, 2.75) is 13.5 Å². The van der Waals surface area contributed by atoms with Crippen LogP contribution in [0.4, 0.5) is 10.1 Å². The molecule has 94 valence electrons. The van der Waals surface area contributed by atoms with Crippen molar-refractivity contribution in [2.24, 2.45) is 0 Å². The quantitative estimate of drug-likeness (QED) is 0.773. The first-order chi connectivity index (χ1) is 8.58. The fourth-order valence-corrected chi connectivity index (χ4v) is 2.28. The molecule has 0 heterocycles. The molecule has 0 radical (unpaired) electrons. The number of benzene rings is 2. The molecular formula is C14H12Br2FN. The van der Waals surface area contributed by atoms with Gasteiger partial charge in [0.2, 0.25) is 0 Å². The summed E-state index contributed by atoms with van der Waals surface area (Å²) >= 11 is 6.68. The van der Waals surface area contributed by atoms with Crippen LogP contribution in [0, 0.1) is 12.7 Å². The zero-order valence-electron chi connectivity index (χ0n) is 9.81. The van der Waals surface area contributed by atoms with E-state index in [0.29, 0.717) is 11.0 Å². The van der Waals surface area contributed by atoms with Gasteiger partial charge in [0.1, 0.15) is 5.82 Å². The fourth-order valence-electron chi connectivity index (χ4n) is 1.63. The zero-order chi connectivity index (χ0) is 13.1. The van der Waals surface area contributed by atoms with Crippen LogP contribution in [0.5, 0.6) is 0 Å². The van der Waals surface area contributed by atoms with Gasteiger partial charge in [-0.3, -0.25) is 0 Å². The number of hydrogen-bond donors (Lipinski definition) is 1. The molecule has 18 heavy (non-hydrogen) atoms. The largest absolute Gasteiger partial charge is 0.380 e. The Morgan fingerprint density at radius 3 is 2.67 bits per heavy atom. The Morgan fingerprint density at radius 1 is 1.17 bits per heavy atom. The molecule has 0 aliphatic heterocycles. The fraction of sp³-hybridized carbons (Fsp3) is 0.143. The maximum absolute atomic E-state index is 13.4. The second-order valence-corrected chi connectivity index (χ2v) is 5.69. The molecule has 1 N–H and O–H groups in total. The highest BCUT2D eigenvalue weighted by Crippen LogP contribution is 2.26. The lowest BCUT2D eigenvalue weighted by molar-refractivity contribution is 0.619. The highest BCUT2D eigenvalue weighted by Gasteiger charge is 2.03. The third-order valence-electron chi connectivity index (χ3n) is 2.66. The minimum atomic E-state index is -0.238. The van der Waals surface area contributed by atoms with Gasteiger partial charge in [0.25, 0.3) is 0 Å². The van der Waals surface area contributed by atoms with E-state index in [-0.39, 0.29) is 5.82 Å². The van der Waals surface area contributed by atoms with Crippen LogP contribution in [0.2, 0.25) is 0 Å². The van der Waals surface area contributed by atoms with Crippen molar-refractivity contribution in [3.8, 4) is 0 Å². The number of nitrogens with one attached hydrogen (secondary N) is 1. The summed E-state index contributed by atoms with van der Waals surface area (Å²) in [6.45, 7) is 2.63. The average Bonchev–Trinajstić information content (AvgIpc) is 2.35. The topological polar surface area (TPSA) is 12.0 Å². The molecular weight excluding hydrogens is 361 g/mol. The summed E-state index contributed by atoms with van der Waals surface area (Å²) in [5.41, 5.74) is 3.09. The number of anilines is 1. The predicted molar refractivity (Wildman–Crippen MR) is 80.3 cm³/mol. The lowest BCUT2D eigenvalue weighted by atomic mass is 10.2. The molecule has 0 spiro atoms. The van der Waals surface area contributed by atoms with E-state index >= 15 is 0 Å². The number of hydrogen-bond acceptors (Lipinski definition) is 1. The van der Waals surface area contributed by atoms with E-state index in [1.807, 2.05) is 31.2 Å². The SMILES string of the molecule is Cc1cccc(NCc2ccc(Br)c(F)c2)c1Br. The molecule has 2 rings (SSSR count). The van der Waals surface area contributed by atoms with Crippen molar-refractivity contribution < 1.29 is 4.39 Å². The summed E-state index contributed by atoms with van der Waals surface area (Å²) in [6.07, 6.45) is 0. The Kier molecular flexibility index (Phi) is 4.40. The Balaban J connectivity index is 2.11. The minimum absolute atomic E-state index is 0.238. The number of halogens is 3. The van der Waals surface area contributed by atoms with Crippen molar-refractivity contribution in [3.05, 3.63) is 62.3 Å². The van der Waals surface area contributed by atoms with Gasteiger partial charge >= 0.3 is 0 Å². The van der Waals surface area contributed by atoms with Crippen LogP contribution in [-0.4, -0.2) is 0 Å². The Bertz CT molecular complexity index is 570. The van der Waals surface area contributed by atoms with Crippen LogP contribution in [-0.2, 0) is 6.54 Å². The first-order valence-electron chi connectivity index (χ1n) is 5.51. The summed E-state index contributed by atoms with van der Waals surface area (Å²) in [7, 11) is 0. The van der Waals surface area contributed by atoms with Gasteiger partial charge in [-0.15, -0.1) is 0 Å². The van der Waals surface area contributed by atoms with Crippen molar-refractivity contribution in [3.63, 3.8) is 0 Å². The van der Waals surface area contributed by atoms with E-state index in [9.17, 15) is 4.39 Å². The Labute approximate surface area is 123 Å². The molecule has 0 aliphatic carbocycles. The Morgan fingerprint density at radius 2 is 1.94 bits per heavy atom. The van der Waals surface area contributed by atoms with Gasteiger partial charge in [0.15, 0.2) is 0 Å². The van der Waals surface area contributed by atoms with E-state index in [4.69, 9.17) is 0 Å². The highest BCUT2D eigenvalue weighted by atomic mass is 79.9. The number of aryl methyl sites for hydroxylation is 1. The van der Waals surface area contributed by atoms with Gasteiger partial charge in [-0.1, -0.05) is 18.2 Å². The first-order valence-corrected chi connectivity index (χ1v) is 7.09. The molecule has 0 bridgehead atoms. The first kappa shape index (κ1) is 13.6. The van der Waals surface area contributed by atoms with Gasteiger partial charge in [0.05, 0.1) is 4.47 Å². The van der Waals surface area contributed by atoms with Gasteiger partial charge in [0, 0.05) is 16.7 Å². The minimum Gasteiger partial charge on any atom is -0.380 e. The van der Waals surface area contributed by atoms with E-state index in [1.165, 1.54) is 11.6 Å². The average molecular weight is 373 g/mol. The molecule has 0 fully saturated rings. The van der Waals surface area contributed by atoms with Crippen LogP contribution < -0.4 is 5.32 Å². The molecule has 1 nitrogen and oxygen atoms in total. The molecule has 0 unspecified atom stereocenters. The van der Waals surface area contributed by atoms with Gasteiger partial charge in [-0.2, -0.15) is 0 Å². The van der Waals surface area contributed by atoms with Crippen LogP contribution in [0.15, 0.2) is 45.3 Å². The summed E-state index contributed by atoms with van der Waals surface area (Å²) < 4.78 is 14.9. The molecule has 4 heteroatoms. The third-order valence-corrected chi connectivity index (χ3v) is 4.35. The van der Waals surface area contributed by atoms with Crippen LogP contribution in [0.25, 0.3) is 0 Å². The summed E-state index contributed by atoms with van der Waals surface area (Å²) in [5, 5.41) is 3.29. The summed E-state index contributed by atoms with van der Waals surface area (Å²) in [6, 6.07) is 11.2. The molecule has 0 saturated heterocycles. The lowest BCUT2D eigenvalue weighted by Crippen LogP contribution is -2.01. The molecule has 0 saturated carbocycles. The molecule has 0 aliphatic rings. The standard InChI is InChI=1S/C14H12Br2FN/c1-9-3-2-4-13(14(9)16)18-8-10-5-6-11(15)12(17)7-10/h2-7,18H,8H2,1H3. The van der Waals surface area contributed by atoms with Crippen LogP contribution in [0.1, 0.15) is 11.1 Å². The van der Waals surface area contributed by atoms with E-state index < -0.39 is 0 Å². The summed E-state index contributed by atoms with van der Waals surface area (Å²) in [4.78, 5) is 0. The van der Waals surface area contributed by atoms with Crippen molar-refractivity contribution in [2.75, 3.05) is 5.32 Å². The second-order valence-electron chi connectivity index (χ2n) is 4.04. The smallest absolute Gasteiger partial charge is 0.137 e. The normalized spacial score (nSPS) is 10.4. The zero-order valence-corrected chi connectivity index (χ0v) is 13.0. The molecule has 2 aromatic carbocycles. The van der Waals surface area contributed by atoms with Crippen LogP contribution in [0.3, 0.4) is 0 Å².